The van der Waals surface area contributed by atoms with E-state index in [1.807, 2.05) is 0 Å². The summed E-state index contributed by atoms with van der Waals surface area (Å²) in [5, 5.41) is 3.78. The maximum absolute atomic E-state index is 14.3. The molecule has 12 heteroatoms. The number of hydrogen-bond donors (Lipinski definition) is 3. The van der Waals surface area contributed by atoms with Gasteiger partial charge in [0.1, 0.15) is 5.00 Å². The zero-order valence-corrected chi connectivity index (χ0v) is 18.3. The fourth-order valence-electron chi connectivity index (χ4n) is 3.47. The van der Waals surface area contributed by atoms with Crippen LogP contribution in [0.3, 0.4) is 0 Å². The molecular formula is C20H19ClF3N3O4S. The predicted octanol–water partition coefficient (Wildman–Crippen LogP) is 3.65. The van der Waals surface area contributed by atoms with Crippen LogP contribution in [0.5, 0.6) is 0 Å². The number of fused-ring (bicyclic) bond motifs is 1. The van der Waals surface area contributed by atoms with Crippen molar-refractivity contribution >= 4 is 45.7 Å². The lowest BCUT2D eigenvalue weighted by Gasteiger charge is -2.34. The van der Waals surface area contributed by atoms with Crippen molar-refractivity contribution in [3.05, 3.63) is 50.9 Å². The van der Waals surface area contributed by atoms with E-state index in [2.05, 4.69) is 10.1 Å². The number of primary amides is 1. The molecule has 1 atom stereocenters. The SMILES string of the molecule is COC(=O)[C@@](NC(=O)c1ccc(Cl)cc1)(Nc1sc2c(c1C(N)=O)CCCC2)C(F)(F)F. The summed E-state index contributed by atoms with van der Waals surface area (Å²) < 4.78 is 47.4. The molecule has 2 aromatic rings. The van der Waals surface area contributed by atoms with Gasteiger partial charge in [0.05, 0.1) is 12.7 Å². The maximum atomic E-state index is 14.3. The van der Waals surface area contributed by atoms with Crippen LogP contribution in [0.4, 0.5) is 18.2 Å². The Hall–Kier alpha value is -2.79. The quantitative estimate of drug-likeness (QED) is 0.424. The highest BCUT2D eigenvalue weighted by molar-refractivity contribution is 7.16. The summed E-state index contributed by atoms with van der Waals surface area (Å²) in [6.07, 6.45) is -2.75. The number of methoxy groups -OCH3 is 1. The molecule has 0 saturated heterocycles. The molecule has 0 unspecified atom stereocenters. The van der Waals surface area contributed by atoms with Crippen LogP contribution in [0.1, 0.15) is 44.0 Å². The molecule has 4 N–H and O–H groups in total. The third-order valence-corrected chi connectivity index (χ3v) is 6.50. The highest BCUT2D eigenvalue weighted by atomic mass is 35.5. The van der Waals surface area contributed by atoms with E-state index in [9.17, 15) is 27.6 Å². The molecule has 1 aliphatic rings. The first-order chi connectivity index (χ1) is 15.0. The topological polar surface area (TPSA) is 111 Å². The van der Waals surface area contributed by atoms with Crippen LogP contribution < -0.4 is 16.4 Å². The van der Waals surface area contributed by atoms with Crippen molar-refractivity contribution in [1.29, 1.82) is 0 Å². The number of thiophene rings is 1. The zero-order valence-electron chi connectivity index (χ0n) is 16.8. The van der Waals surface area contributed by atoms with Gasteiger partial charge in [-0.3, -0.25) is 9.59 Å². The molecule has 2 amide bonds. The fraction of sp³-hybridized carbons (Fsp3) is 0.350. The second-order valence-electron chi connectivity index (χ2n) is 7.10. The fourth-order valence-corrected chi connectivity index (χ4v) is 4.95. The summed E-state index contributed by atoms with van der Waals surface area (Å²) in [5.74, 6) is -3.95. The number of halogens is 4. The summed E-state index contributed by atoms with van der Waals surface area (Å²) in [4.78, 5) is 37.9. The summed E-state index contributed by atoms with van der Waals surface area (Å²) in [7, 11) is 0.757. The van der Waals surface area contributed by atoms with E-state index in [1.54, 1.807) is 5.32 Å². The molecule has 7 nitrogen and oxygen atoms in total. The van der Waals surface area contributed by atoms with Gasteiger partial charge in [0.25, 0.3) is 11.8 Å². The lowest BCUT2D eigenvalue weighted by atomic mass is 9.95. The molecule has 1 aromatic heterocycles. The Morgan fingerprint density at radius 2 is 1.75 bits per heavy atom. The number of anilines is 1. The normalized spacial score (nSPS) is 15.3. The monoisotopic (exact) mass is 489 g/mol. The minimum Gasteiger partial charge on any atom is -0.466 e. The molecule has 0 spiro atoms. The van der Waals surface area contributed by atoms with E-state index >= 15 is 0 Å². The molecule has 1 heterocycles. The number of ether oxygens (including phenoxy) is 1. The summed E-state index contributed by atoms with van der Waals surface area (Å²) >= 11 is 6.66. The smallest absolute Gasteiger partial charge is 0.441 e. The molecule has 1 aliphatic carbocycles. The third kappa shape index (κ3) is 4.40. The molecule has 32 heavy (non-hydrogen) atoms. The van der Waals surface area contributed by atoms with Gasteiger partial charge < -0.3 is 21.1 Å². The molecule has 0 saturated carbocycles. The van der Waals surface area contributed by atoms with Crippen LogP contribution in [0.2, 0.25) is 5.02 Å². The Balaban J connectivity index is 2.10. The number of esters is 1. The number of aryl methyl sites for hydroxylation is 1. The molecule has 0 fully saturated rings. The molecule has 172 valence electrons. The first-order valence-corrected chi connectivity index (χ1v) is 10.7. The van der Waals surface area contributed by atoms with Gasteiger partial charge in [-0.15, -0.1) is 11.3 Å². The molecule has 1 aromatic carbocycles. The van der Waals surface area contributed by atoms with Crippen molar-refractivity contribution in [3.8, 4) is 0 Å². The Morgan fingerprint density at radius 1 is 1.12 bits per heavy atom. The number of carbonyl (C=O) groups is 3. The van der Waals surface area contributed by atoms with Gasteiger partial charge in [0, 0.05) is 15.5 Å². The van der Waals surface area contributed by atoms with Crippen LogP contribution in [-0.2, 0) is 22.4 Å². The zero-order chi connectivity index (χ0) is 23.7. The van der Waals surface area contributed by atoms with Gasteiger partial charge >= 0.3 is 17.8 Å². The summed E-state index contributed by atoms with van der Waals surface area (Å²) in [6.45, 7) is 0. The highest BCUT2D eigenvalue weighted by Crippen LogP contribution is 2.42. The number of rotatable bonds is 6. The molecule has 3 rings (SSSR count). The number of alkyl halides is 3. The van der Waals surface area contributed by atoms with E-state index in [4.69, 9.17) is 17.3 Å². The minimum atomic E-state index is -5.35. The Morgan fingerprint density at radius 3 is 2.31 bits per heavy atom. The van der Waals surface area contributed by atoms with E-state index in [-0.39, 0.29) is 21.2 Å². The summed E-state index contributed by atoms with van der Waals surface area (Å²) in [5.41, 5.74) is 2.05. The number of nitrogens with one attached hydrogen (secondary N) is 2. The first kappa shape index (κ1) is 23.9. The number of carbonyl (C=O) groups excluding carboxylic acids is 3. The summed E-state index contributed by atoms with van der Waals surface area (Å²) in [6, 6.07) is 5.04. The molecular weight excluding hydrogens is 471 g/mol. The van der Waals surface area contributed by atoms with Crippen molar-refractivity contribution < 1.29 is 32.3 Å². The van der Waals surface area contributed by atoms with Gasteiger partial charge in [-0.25, -0.2) is 4.79 Å². The number of benzene rings is 1. The highest BCUT2D eigenvalue weighted by Gasteiger charge is 2.64. The van der Waals surface area contributed by atoms with E-state index in [1.165, 1.54) is 24.3 Å². The van der Waals surface area contributed by atoms with Crippen LogP contribution in [0.25, 0.3) is 0 Å². The molecule has 0 aliphatic heterocycles. The van der Waals surface area contributed by atoms with Crippen molar-refractivity contribution in [2.24, 2.45) is 5.73 Å². The van der Waals surface area contributed by atoms with Crippen molar-refractivity contribution in [2.45, 2.75) is 37.5 Å². The van der Waals surface area contributed by atoms with Gasteiger partial charge in [-0.2, -0.15) is 13.2 Å². The third-order valence-electron chi connectivity index (χ3n) is 5.04. The van der Waals surface area contributed by atoms with E-state index < -0.39 is 29.6 Å². The number of amides is 2. The first-order valence-electron chi connectivity index (χ1n) is 9.46. The Labute approximate surface area is 190 Å². The van der Waals surface area contributed by atoms with Gasteiger partial charge in [0.2, 0.25) is 0 Å². The minimum absolute atomic E-state index is 0.122. The predicted molar refractivity (Wildman–Crippen MR) is 113 cm³/mol. The Kier molecular flexibility index (Phi) is 6.70. The number of nitrogens with two attached hydrogens (primary N) is 1. The van der Waals surface area contributed by atoms with E-state index in [0.29, 0.717) is 23.3 Å². The van der Waals surface area contributed by atoms with E-state index in [0.717, 1.165) is 31.3 Å². The van der Waals surface area contributed by atoms with Gasteiger partial charge in [0.15, 0.2) is 0 Å². The van der Waals surface area contributed by atoms with Crippen molar-refractivity contribution in [3.63, 3.8) is 0 Å². The van der Waals surface area contributed by atoms with Gasteiger partial charge in [-0.05, 0) is 55.5 Å². The van der Waals surface area contributed by atoms with Crippen LogP contribution in [0, 0.1) is 0 Å². The average molecular weight is 490 g/mol. The van der Waals surface area contributed by atoms with Crippen LogP contribution in [-0.4, -0.2) is 36.7 Å². The molecule has 0 bridgehead atoms. The number of hydrogen-bond acceptors (Lipinski definition) is 6. The van der Waals surface area contributed by atoms with Crippen LogP contribution >= 0.6 is 22.9 Å². The average Bonchev–Trinajstić information content (AvgIpc) is 3.10. The van der Waals surface area contributed by atoms with Crippen molar-refractivity contribution in [1.82, 2.24) is 5.32 Å². The van der Waals surface area contributed by atoms with Gasteiger partial charge in [-0.1, -0.05) is 11.6 Å². The Bertz CT molecular complexity index is 1060. The van der Waals surface area contributed by atoms with Crippen LogP contribution in [0.15, 0.2) is 24.3 Å². The standard InChI is InChI=1S/C20H19ClF3N3O4S/c1-31-18(30)19(20(22,23)24,26-16(29)10-6-8-11(21)9-7-10)27-17-14(15(25)28)12-4-2-3-5-13(12)32-17/h6-9,27H,2-5H2,1H3,(H2,25,28)(H,26,29)/t19-/m1/s1. The largest absolute Gasteiger partial charge is 0.466 e. The lowest BCUT2D eigenvalue weighted by molar-refractivity contribution is -0.203. The lowest BCUT2D eigenvalue weighted by Crippen LogP contribution is -2.69. The second-order valence-corrected chi connectivity index (χ2v) is 8.65. The maximum Gasteiger partial charge on any atom is 0.441 e. The molecule has 0 radical (unpaired) electrons. The second kappa shape index (κ2) is 8.99. The van der Waals surface area contributed by atoms with Crippen molar-refractivity contribution in [2.75, 3.05) is 12.4 Å².